The smallest absolute Gasteiger partial charge is 0.237 e. The van der Waals surface area contributed by atoms with Gasteiger partial charge in [-0.3, -0.25) is 4.79 Å². The van der Waals surface area contributed by atoms with Crippen LogP contribution in [0.15, 0.2) is 5.16 Å². The molecule has 0 bridgehead atoms. The Morgan fingerprint density at radius 1 is 1.69 bits per heavy atom. The third-order valence-corrected chi connectivity index (χ3v) is 3.29. The normalized spacial score (nSPS) is 16.8. The average Bonchev–Trinajstić information content (AvgIpc) is 2.50. The molecule has 2 unspecified atom stereocenters. The number of aromatic nitrogens is 4. The predicted molar refractivity (Wildman–Crippen MR) is 60.5 cm³/mol. The van der Waals surface area contributed by atoms with Gasteiger partial charge in [-0.15, -0.1) is 5.10 Å². The lowest BCUT2D eigenvalue weighted by molar-refractivity contribution is -0.122. The Morgan fingerprint density at radius 2 is 2.31 bits per heavy atom. The summed E-state index contributed by atoms with van der Waals surface area (Å²) < 4.78 is 1.57. The van der Waals surface area contributed by atoms with Crippen LogP contribution < -0.4 is 11.5 Å². The van der Waals surface area contributed by atoms with Gasteiger partial charge in [0.25, 0.3) is 0 Å². The topological polar surface area (TPSA) is 113 Å². The van der Waals surface area contributed by atoms with Crippen molar-refractivity contribution in [3.05, 3.63) is 0 Å². The Hall–Kier alpha value is -1.15. The fourth-order valence-corrected chi connectivity index (χ4v) is 2.30. The van der Waals surface area contributed by atoms with Crippen molar-refractivity contribution < 1.29 is 4.79 Å². The lowest BCUT2D eigenvalue weighted by Gasteiger charge is -2.23. The van der Waals surface area contributed by atoms with Gasteiger partial charge in [0.2, 0.25) is 11.1 Å². The monoisotopic (exact) mass is 244 g/mol. The van der Waals surface area contributed by atoms with Gasteiger partial charge in [-0.25, -0.2) is 4.68 Å². The van der Waals surface area contributed by atoms with Crippen LogP contribution in [0.5, 0.6) is 0 Å². The molecule has 0 saturated heterocycles. The number of thioether (sulfide) groups is 1. The minimum atomic E-state index is -1.00. The fraction of sp³-hybridized carbons (Fsp3) is 0.750. The molecule has 1 aromatic rings. The van der Waals surface area contributed by atoms with Gasteiger partial charge < -0.3 is 11.5 Å². The van der Waals surface area contributed by atoms with E-state index in [-0.39, 0.29) is 5.25 Å². The zero-order valence-corrected chi connectivity index (χ0v) is 10.4. The zero-order valence-electron chi connectivity index (χ0n) is 9.54. The second-order valence-electron chi connectivity index (χ2n) is 4.00. The molecule has 0 radical (unpaired) electrons. The van der Waals surface area contributed by atoms with Crippen molar-refractivity contribution in [2.24, 2.45) is 18.5 Å². The molecule has 2 atom stereocenters. The van der Waals surface area contributed by atoms with Crippen molar-refractivity contribution in [2.75, 3.05) is 0 Å². The lowest BCUT2D eigenvalue weighted by Crippen LogP contribution is -2.50. The highest BCUT2D eigenvalue weighted by Gasteiger charge is 2.28. The molecular formula is C8H16N6OS. The molecule has 0 aliphatic rings. The van der Waals surface area contributed by atoms with Crippen molar-refractivity contribution in [2.45, 2.75) is 36.2 Å². The first-order valence-electron chi connectivity index (χ1n) is 4.80. The van der Waals surface area contributed by atoms with E-state index in [0.717, 1.165) is 0 Å². The molecule has 0 fully saturated rings. The number of nitrogens with two attached hydrogens (primary N) is 2. The van der Waals surface area contributed by atoms with E-state index in [1.807, 2.05) is 6.92 Å². The number of nitrogens with zero attached hydrogens (tertiary/aromatic N) is 4. The molecule has 1 amide bonds. The summed E-state index contributed by atoms with van der Waals surface area (Å²) in [6.07, 6.45) is 0.472. The van der Waals surface area contributed by atoms with Gasteiger partial charge in [0, 0.05) is 12.3 Å². The molecule has 4 N–H and O–H groups in total. The summed E-state index contributed by atoms with van der Waals surface area (Å²) in [6, 6.07) is 0. The quantitative estimate of drug-likeness (QED) is 0.661. The third kappa shape index (κ3) is 3.17. The van der Waals surface area contributed by atoms with Gasteiger partial charge in [-0.2, -0.15) is 0 Å². The van der Waals surface area contributed by atoms with Crippen LogP contribution in [0.1, 0.15) is 20.3 Å². The van der Waals surface area contributed by atoms with Gasteiger partial charge in [0.05, 0.1) is 5.54 Å². The van der Waals surface area contributed by atoms with Crippen molar-refractivity contribution in [3.63, 3.8) is 0 Å². The van der Waals surface area contributed by atoms with Crippen molar-refractivity contribution in [1.82, 2.24) is 20.2 Å². The van der Waals surface area contributed by atoms with Crippen molar-refractivity contribution in [1.29, 1.82) is 0 Å². The minimum absolute atomic E-state index is 0.104. The van der Waals surface area contributed by atoms with E-state index in [4.69, 9.17) is 11.5 Å². The van der Waals surface area contributed by atoms with Crippen LogP contribution in [-0.2, 0) is 11.8 Å². The van der Waals surface area contributed by atoms with E-state index >= 15 is 0 Å². The molecule has 8 heteroatoms. The maximum Gasteiger partial charge on any atom is 0.237 e. The van der Waals surface area contributed by atoms with E-state index in [1.165, 1.54) is 11.8 Å². The van der Waals surface area contributed by atoms with E-state index in [9.17, 15) is 4.79 Å². The summed E-state index contributed by atoms with van der Waals surface area (Å²) in [5.41, 5.74) is 9.98. The molecule has 1 heterocycles. The molecule has 1 rings (SSSR count). The first kappa shape index (κ1) is 12.9. The largest absolute Gasteiger partial charge is 0.368 e. The molecule has 0 aliphatic carbocycles. The number of hydrogen-bond acceptors (Lipinski definition) is 6. The summed E-state index contributed by atoms with van der Waals surface area (Å²) in [6.45, 7) is 3.58. The van der Waals surface area contributed by atoms with Crippen molar-refractivity contribution >= 4 is 17.7 Å². The van der Waals surface area contributed by atoms with E-state index in [1.54, 1.807) is 18.7 Å². The SMILES string of the molecule is CC(CC(C)(N)C(N)=O)Sc1nnnn1C. The number of amides is 1. The third-order valence-electron chi connectivity index (χ3n) is 2.16. The van der Waals surface area contributed by atoms with Crippen LogP contribution >= 0.6 is 11.8 Å². The van der Waals surface area contributed by atoms with Crippen LogP contribution in [-0.4, -0.2) is 36.9 Å². The van der Waals surface area contributed by atoms with Gasteiger partial charge in [0.1, 0.15) is 0 Å². The summed E-state index contributed by atoms with van der Waals surface area (Å²) in [4.78, 5) is 11.1. The molecule has 0 saturated carbocycles. The number of carbonyl (C=O) groups is 1. The highest BCUT2D eigenvalue weighted by Crippen LogP contribution is 2.25. The Bertz CT molecular complexity index is 376. The first-order valence-corrected chi connectivity index (χ1v) is 5.68. The lowest BCUT2D eigenvalue weighted by atomic mass is 9.97. The minimum Gasteiger partial charge on any atom is -0.368 e. The Labute approximate surface area is 97.9 Å². The summed E-state index contributed by atoms with van der Waals surface area (Å²) in [7, 11) is 1.75. The van der Waals surface area contributed by atoms with Gasteiger partial charge in [0.15, 0.2) is 0 Å². The number of hydrogen-bond donors (Lipinski definition) is 2. The predicted octanol–water partition coefficient (Wildman–Crippen LogP) is -0.716. The Morgan fingerprint density at radius 3 is 2.75 bits per heavy atom. The standard InChI is InChI=1S/C8H16N6OS/c1-5(4-8(2,10)6(9)15)16-7-11-12-13-14(7)3/h5H,4,10H2,1-3H3,(H2,9,15). The van der Waals surface area contributed by atoms with Crippen LogP contribution in [0.3, 0.4) is 0 Å². The van der Waals surface area contributed by atoms with Crippen molar-refractivity contribution in [3.8, 4) is 0 Å². The van der Waals surface area contributed by atoms with Gasteiger partial charge in [-0.05, 0) is 23.8 Å². The number of carbonyl (C=O) groups excluding carboxylic acids is 1. The molecule has 7 nitrogen and oxygen atoms in total. The molecule has 1 aromatic heterocycles. The summed E-state index contributed by atoms with van der Waals surface area (Å²) >= 11 is 1.46. The van der Waals surface area contributed by atoms with E-state index in [2.05, 4.69) is 15.5 Å². The van der Waals surface area contributed by atoms with Gasteiger partial charge in [-0.1, -0.05) is 18.7 Å². The number of tetrazole rings is 1. The zero-order chi connectivity index (χ0) is 12.3. The second kappa shape index (κ2) is 4.79. The van der Waals surface area contributed by atoms with E-state index in [0.29, 0.717) is 11.6 Å². The van der Waals surface area contributed by atoms with Crippen LogP contribution in [0, 0.1) is 0 Å². The average molecular weight is 244 g/mol. The number of primary amides is 1. The highest BCUT2D eigenvalue weighted by molar-refractivity contribution is 7.99. The molecule has 0 aromatic carbocycles. The van der Waals surface area contributed by atoms with E-state index < -0.39 is 11.4 Å². The Balaban J connectivity index is 2.58. The maximum absolute atomic E-state index is 11.1. The van der Waals surface area contributed by atoms with Crippen LogP contribution in [0.25, 0.3) is 0 Å². The van der Waals surface area contributed by atoms with Gasteiger partial charge >= 0.3 is 0 Å². The summed E-state index contributed by atoms with van der Waals surface area (Å²) in [5, 5.41) is 11.9. The fourth-order valence-electron chi connectivity index (χ4n) is 1.24. The molecule has 16 heavy (non-hydrogen) atoms. The molecule has 0 aliphatic heterocycles. The van der Waals surface area contributed by atoms with Crippen LogP contribution in [0.4, 0.5) is 0 Å². The maximum atomic E-state index is 11.1. The highest BCUT2D eigenvalue weighted by atomic mass is 32.2. The summed E-state index contributed by atoms with van der Waals surface area (Å²) in [5.74, 6) is -0.504. The second-order valence-corrected chi connectivity index (χ2v) is 5.40. The van der Waals surface area contributed by atoms with Crippen LogP contribution in [0.2, 0.25) is 0 Å². The molecular weight excluding hydrogens is 228 g/mol. The molecule has 90 valence electrons. The first-order chi connectivity index (χ1) is 7.33. The number of rotatable bonds is 5. The Kier molecular flexibility index (Phi) is 3.87. The molecule has 0 spiro atoms. The number of aryl methyl sites for hydroxylation is 1.